The van der Waals surface area contributed by atoms with Crippen molar-refractivity contribution in [3.05, 3.63) is 22.7 Å². The molecule has 0 unspecified atom stereocenters. The first-order chi connectivity index (χ1) is 8.42. The van der Waals surface area contributed by atoms with E-state index in [1.807, 2.05) is 6.92 Å². The summed E-state index contributed by atoms with van der Waals surface area (Å²) in [4.78, 5) is 0. The second-order valence-corrected chi connectivity index (χ2v) is 4.20. The van der Waals surface area contributed by atoms with Gasteiger partial charge in [0, 0.05) is 6.54 Å². The van der Waals surface area contributed by atoms with Gasteiger partial charge in [0.1, 0.15) is 18.1 Å². The van der Waals surface area contributed by atoms with Crippen LogP contribution in [0.15, 0.2) is 22.7 Å². The van der Waals surface area contributed by atoms with E-state index < -0.39 is 6.36 Å². The fourth-order valence-electron chi connectivity index (χ4n) is 1.20. The van der Waals surface area contributed by atoms with Crippen LogP contribution in [0.1, 0.15) is 6.92 Å². The molecule has 0 aliphatic carbocycles. The first-order valence-corrected chi connectivity index (χ1v) is 6.10. The Morgan fingerprint density at radius 3 is 2.61 bits per heavy atom. The Balaban J connectivity index is 2.56. The maximum Gasteiger partial charge on any atom is 0.573 e. The molecule has 1 aromatic rings. The van der Waals surface area contributed by atoms with Crippen LogP contribution in [0, 0.1) is 0 Å². The number of alkyl halides is 3. The monoisotopic (exact) mass is 327 g/mol. The van der Waals surface area contributed by atoms with Gasteiger partial charge >= 0.3 is 6.36 Å². The van der Waals surface area contributed by atoms with Gasteiger partial charge in [0.15, 0.2) is 0 Å². The van der Waals surface area contributed by atoms with E-state index in [0.29, 0.717) is 18.9 Å². The highest BCUT2D eigenvalue weighted by Gasteiger charge is 2.31. The molecule has 1 aromatic carbocycles. The van der Waals surface area contributed by atoms with Gasteiger partial charge in [-0.1, -0.05) is 6.92 Å². The van der Waals surface area contributed by atoms with Crippen LogP contribution in [-0.2, 0) is 0 Å². The summed E-state index contributed by atoms with van der Waals surface area (Å²) in [5, 5.41) is 3.07. The highest BCUT2D eigenvalue weighted by molar-refractivity contribution is 9.10. The lowest BCUT2D eigenvalue weighted by Gasteiger charge is -2.12. The SMILES string of the molecule is CCNCCOc1ccc(OC(F)(F)F)c(Br)c1. The van der Waals surface area contributed by atoms with Crippen LogP contribution in [0.4, 0.5) is 13.2 Å². The first-order valence-electron chi connectivity index (χ1n) is 5.31. The van der Waals surface area contributed by atoms with Gasteiger partial charge in [-0.2, -0.15) is 0 Å². The van der Waals surface area contributed by atoms with Gasteiger partial charge in [0.25, 0.3) is 0 Å². The molecule has 0 saturated carbocycles. The molecular weight excluding hydrogens is 315 g/mol. The number of ether oxygens (including phenoxy) is 2. The molecule has 0 spiro atoms. The minimum Gasteiger partial charge on any atom is -0.492 e. The Morgan fingerprint density at radius 1 is 1.33 bits per heavy atom. The molecule has 7 heteroatoms. The molecule has 0 atom stereocenters. The number of likely N-dealkylation sites (N-methyl/N-ethyl adjacent to an activating group) is 1. The standard InChI is InChI=1S/C11H13BrF3NO2/c1-2-16-5-6-17-8-3-4-10(9(12)7-8)18-11(13,14)15/h3-4,7,16H,2,5-6H2,1H3. The van der Waals surface area contributed by atoms with Crippen LogP contribution >= 0.6 is 15.9 Å². The number of halogens is 4. The lowest BCUT2D eigenvalue weighted by Crippen LogP contribution is -2.20. The van der Waals surface area contributed by atoms with E-state index in [9.17, 15) is 13.2 Å². The van der Waals surface area contributed by atoms with Gasteiger partial charge in [-0.3, -0.25) is 0 Å². The molecule has 18 heavy (non-hydrogen) atoms. The quantitative estimate of drug-likeness (QED) is 0.813. The molecule has 0 heterocycles. The molecule has 0 amide bonds. The van der Waals surface area contributed by atoms with Crippen LogP contribution in [-0.4, -0.2) is 26.1 Å². The average molecular weight is 328 g/mol. The predicted octanol–water partition coefficient (Wildman–Crippen LogP) is 3.34. The average Bonchev–Trinajstić information content (AvgIpc) is 2.26. The van der Waals surface area contributed by atoms with Gasteiger partial charge in [0.2, 0.25) is 0 Å². The third kappa shape index (κ3) is 5.59. The zero-order chi connectivity index (χ0) is 13.6. The van der Waals surface area contributed by atoms with Crippen molar-refractivity contribution in [1.82, 2.24) is 5.32 Å². The van der Waals surface area contributed by atoms with Crippen LogP contribution in [0.2, 0.25) is 0 Å². The summed E-state index contributed by atoms with van der Waals surface area (Å²) in [7, 11) is 0. The van der Waals surface area contributed by atoms with Crippen molar-refractivity contribution < 1.29 is 22.6 Å². The van der Waals surface area contributed by atoms with Crippen LogP contribution in [0.25, 0.3) is 0 Å². The van der Waals surface area contributed by atoms with Crippen molar-refractivity contribution in [2.24, 2.45) is 0 Å². The highest BCUT2D eigenvalue weighted by Crippen LogP contribution is 2.33. The van der Waals surface area contributed by atoms with Gasteiger partial charge in [-0.15, -0.1) is 13.2 Å². The smallest absolute Gasteiger partial charge is 0.492 e. The summed E-state index contributed by atoms with van der Waals surface area (Å²) in [6, 6.07) is 4.07. The Labute approximate surface area is 111 Å². The summed E-state index contributed by atoms with van der Waals surface area (Å²) in [5.41, 5.74) is 0. The van der Waals surface area contributed by atoms with E-state index in [-0.39, 0.29) is 10.2 Å². The molecule has 0 bridgehead atoms. The van der Waals surface area contributed by atoms with Crippen molar-refractivity contribution in [2.75, 3.05) is 19.7 Å². The van der Waals surface area contributed by atoms with E-state index in [1.165, 1.54) is 18.2 Å². The van der Waals surface area contributed by atoms with Crippen molar-refractivity contribution in [3.8, 4) is 11.5 Å². The maximum absolute atomic E-state index is 12.0. The third-order valence-electron chi connectivity index (χ3n) is 1.93. The Bertz CT molecular complexity index is 385. The van der Waals surface area contributed by atoms with E-state index in [2.05, 4.69) is 26.0 Å². The molecule has 3 nitrogen and oxygen atoms in total. The fourth-order valence-corrected chi connectivity index (χ4v) is 1.64. The fraction of sp³-hybridized carbons (Fsp3) is 0.455. The van der Waals surface area contributed by atoms with Crippen molar-refractivity contribution in [3.63, 3.8) is 0 Å². The molecule has 0 saturated heterocycles. The minimum atomic E-state index is -4.70. The molecule has 0 aliphatic rings. The summed E-state index contributed by atoms with van der Waals surface area (Å²) < 4.78 is 45.4. The van der Waals surface area contributed by atoms with Gasteiger partial charge in [0.05, 0.1) is 4.47 Å². The molecule has 102 valence electrons. The Kier molecular flexibility index (Phi) is 5.74. The normalized spacial score (nSPS) is 11.4. The van der Waals surface area contributed by atoms with Crippen molar-refractivity contribution in [2.45, 2.75) is 13.3 Å². The number of nitrogens with one attached hydrogen (secondary N) is 1. The summed E-state index contributed by atoms with van der Waals surface area (Å²) in [6.45, 7) is 3.93. The molecule has 1 N–H and O–H groups in total. The van der Waals surface area contributed by atoms with E-state index >= 15 is 0 Å². The summed E-state index contributed by atoms with van der Waals surface area (Å²) in [6.07, 6.45) is -4.70. The molecule has 0 fully saturated rings. The van der Waals surface area contributed by atoms with Crippen LogP contribution < -0.4 is 14.8 Å². The summed E-state index contributed by atoms with van der Waals surface area (Å²) >= 11 is 3.00. The predicted molar refractivity (Wildman–Crippen MR) is 64.9 cm³/mol. The third-order valence-corrected chi connectivity index (χ3v) is 2.55. The Morgan fingerprint density at radius 2 is 2.06 bits per heavy atom. The number of hydrogen-bond donors (Lipinski definition) is 1. The molecule has 0 aliphatic heterocycles. The van der Waals surface area contributed by atoms with Gasteiger partial charge < -0.3 is 14.8 Å². The zero-order valence-electron chi connectivity index (χ0n) is 9.68. The number of hydrogen-bond acceptors (Lipinski definition) is 3. The lowest BCUT2D eigenvalue weighted by molar-refractivity contribution is -0.274. The van der Waals surface area contributed by atoms with Gasteiger partial charge in [-0.05, 0) is 40.7 Å². The second kappa shape index (κ2) is 6.84. The second-order valence-electron chi connectivity index (χ2n) is 3.34. The molecular formula is C11H13BrF3NO2. The summed E-state index contributed by atoms with van der Waals surface area (Å²) in [5.74, 6) is 0.191. The van der Waals surface area contributed by atoms with Crippen molar-refractivity contribution >= 4 is 15.9 Å². The van der Waals surface area contributed by atoms with Crippen LogP contribution in [0.5, 0.6) is 11.5 Å². The lowest BCUT2D eigenvalue weighted by atomic mass is 10.3. The first kappa shape index (κ1) is 15.1. The zero-order valence-corrected chi connectivity index (χ0v) is 11.3. The van der Waals surface area contributed by atoms with Gasteiger partial charge in [-0.25, -0.2) is 0 Å². The topological polar surface area (TPSA) is 30.5 Å². The molecule has 0 aromatic heterocycles. The maximum atomic E-state index is 12.0. The minimum absolute atomic E-state index is 0.195. The van der Waals surface area contributed by atoms with E-state index in [1.54, 1.807) is 0 Å². The molecule has 1 rings (SSSR count). The van der Waals surface area contributed by atoms with Crippen molar-refractivity contribution in [1.29, 1.82) is 0 Å². The van der Waals surface area contributed by atoms with E-state index in [4.69, 9.17) is 4.74 Å². The number of benzene rings is 1. The van der Waals surface area contributed by atoms with Crippen LogP contribution in [0.3, 0.4) is 0 Å². The highest BCUT2D eigenvalue weighted by atomic mass is 79.9. The van der Waals surface area contributed by atoms with E-state index in [0.717, 1.165) is 6.54 Å². The Hall–Kier alpha value is -0.950. The molecule has 0 radical (unpaired) electrons. The number of rotatable bonds is 6. The largest absolute Gasteiger partial charge is 0.573 e.